The highest BCUT2D eigenvalue weighted by atomic mass is 16.5. The maximum Gasteiger partial charge on any atom is 0.119 e. The van der Waals surface area contributed by atoms with E-state index in [-0.39, 0.29) is 0 Å². The Morgan fingerprint density at radius 3 is 3.04 bits per heavy atom. The van der Waals surface area contributed by atoms with Crippen LogP contribution < -0.4 is 4.74 Å². The molecule has 1 fully saturated rings. The fourth-order valence-electron chi connectivity index (χ4n) is 4.42. The summed E-state index contributed by atoms with van der Waals surface area (Å²) in [6.07, 6.45) is 5.48. The minimum atomic E-state index is 0.496. The topological polar surface area (TPSA) is 38.2 Å². The predicted octanol–water partition coefficient (Wildman–Crippen LogP) is 3.90. The third-order valence-corrected chi connectivity index (χ3v) is 5.65. The van der Waals surface area contributed by atoms with Crippen molar-refractivity contribution in [3.05, 3.63) is 65.6 Å². The van der Waals surface area contributed by atoms with E-state index in [1.165, 1.54) is 24.1 Å². The van der Waals surface area contributed by atoms with Crippen LogP contribution in [0.4, 0.5) is 0 Å². The van der Waals surface area contributed by atoms with Gasteiger partial charge in [0.25, 0.3) is 0 Å². The largest absolute Gasteiger partial charge is 0.497 e. The highest BCUT2D eigenvalue weighted by Crippen LogP contribution is 2.43. The summed E-state index contributed by atoms with van der Waals surface area (Å²) in [4.78, 5) is 12.1. The van der Waals surface area contributed by atoms with Crippen LogP contribution in [0.15, 0.2) is 48.7 Å². The molecule has 2 aromatic heterocycles. The van der Waals surface area contributed by atoms with Gasteiger partial charge in [-0.05, 0) is 48.7 Å². The maximum atomic E-state index is 5.30. The van der Waals surface area contributed by atoms with Crippen molar-refractivity contribution in [3.8, 4) is 5.75 Å². The number of pyridine rings is 2. The SMILES string of the molecule is COc1ccc2nc(CN3[C@@H]4CC[C@@H]3c3cccnc3C4)ccc2c1. The molecule has 0 unspecified atom stereocenters. The minimum Gasteiger partial charge on any atom is -0.497 e. The number of nitrogens with zero attached hydrogens (tertiary/aromatic N) is 3. The highest BCUT2D eigenvalue weighted by Gasteiger charge is 2.40. The lowest BCUT2D eigenvalue weighted by Crippen LogP contribution is -2.37. The molecule has 0 amide bonds. The molecule has 126 valence electrons. The van der Waals surface area contributed by atoms with E-state index < -0.39 is 0 Å². The summed E-state index contributed by atoms with van der Waals surface area (Å²) in [7, 11) is 1.70. The second-order valence-electron chi connectivity index (χ2n) is 7.02. The van der Waals surface area contributed by atoms with Crippen LogP contribution in [0.25, 0.3) is 10.9 Å². The van der Waals surface area contributed by atoms with Crippen LogP contribution in [0.2, 0.25) is 0 Å². The van der Waals surface area contributed by atoms with Gasteiger partial charge in [-0.3, -0.25) is 14.9 Å². The number of hydrogen-bond acceptors (Lipinski definition) is 4. The van der Waals surface area contributed by atoms with Gasteiger partial charge in [-0.2, -0.15) is 0 Å². The molecule has 5 rings (SSSR count). The van der Waals surface area contributed by atoms with Gasteiger partial charge in [0.05, 0.1) is 18.3 Å². The average molecular weight is 331 g/mol. The van der Waals surface area contributed by atoms with Crippen LogP contribution >= 0.6 is 0 Å². The van der Waals surface area contributed by atoms with E-state index in [2.05, 4.69) is 34.1 Å². The van der Waals surface area contributed by atoms with Gasteiger partial charge in [0, 0.05) is 42.3 Å². The van der Waals surface area contributed by atoms with Crippen molar-refractivity contribution in [2.24, 2.45) is 0 Å². The number of hydrogen-bond donors (Lipinski definition) is 0. The van der Waals surface area contributed by atoms with Crippen molar-refractivity contribution in [2.45, 2.75) is 37.9 Å². The Hall–Kier alpha value is -2.46. The van der Waals surface area contributed by atoms with Gasteiger partial charge in [0.1, 0.15) is 5.75 Å². The van der Waals surface area contributed by atoms with Crippen LogP contribution in [-0.4, -0.2) is 28.0 Å². The molecule has 4 nitrogen and oxygen atoms in total. The number of rotatable bonds is 3. The molecule has 2 atom stereocenters. The van der Waals surface area contributed by atoms with Gasteiger partial charge in [0.15, 0.2) is 0 Å². The van der Waals surface area contributed by atoms with E-state index in [4.69, 9.17) is 9.72 Å². The quantitative estimate of drug-likeness (QED) is 0.729. The second-order valence-corrected chi connectivity index (χ2v) is 7.02. The molecule has 1 saturated heterocycles. The van der Waals surface area contributed by atoms with Crippen LogP contribution in [0.1, 0.15) is 35.8 Å². The van der Waals surface area contributed by atoms with E-state index in [1.807, 2.05) is 24.4 Å². The Kier molecular flexibility index (Phi) is 3.45. The highest BCUT2D eigenvalue weighted by molar-refractivity contribution is 5.80. The smallest absolute Gasteiger partial charge is 0.119 e. The van der Waals surface area contributed by atoms with E-state index in [9.17, 15) is 0 Å². The fourth-order valence-corrected chi connectivity index (χ4v) is 4.42. The van der Waals surface area contributed by atoms with E-state index in [1.54, 1.807) is 7.11 Å². The molecular weight excluding hydrogens is 310 g/mol. The zero-order valence-corrected chi connectivity index (χ0v) is 14.4. The minimum absolute atomic E-state index is 0.496. The number of aromatic nitrogens is 2. The van der Waals surface area contributed by atoms with Crippen molar-refractivity contribution < 1.29 is 4.74 Å². The summed E-state index contributed by atoms with van der Waals surface area (Å²) in [5.74, 6) is 0.875. The number of benzene rings is 1. The summed E-state index contributed by atoms with van der Waals surface area (Å²) >= 11 is 0. The van der Waals surface area contributed by atoms with Gasteiger partial charge >= 0.3 is 0 Å². The monoisotopic (exact) mass is 331 g/mol. The molecular formula is C21H21N3O. The van der Waals surface area contributed by atoms with Gasteiger partial charge in [-0.1, -0.05) is 12.1 Å². The first-order valence-electron chi connectivity index (χ1n) is 8.95. The fraction of sp³-hybridized carbons (Fsp3) is 0.333. The first-order chi connectivity index (χ1) is 12.3. The number of methoxy groups -OCH3 is 1. The zero-order chi connectivity index (χ0) is 16.8. The summed E-state index contributed by atoms with van der Waals surface area (Å²) in [6.45, 7) is 0.908. The zero-order valence-electron chi connectivity index (χ0n) is 14.4. The molecule has 0 spiro atoms. The first-order valence-corrected chi connectivity index (χ1v) is 8.95. The standard InChI is InChI=1S/C21H21N3O/c1-25-17-7-8-19-14(11-17)4-5-15(23-19)13-24-16-6-9-21(24)18-3-2-10-22-20(18)12-16/h2-5,7-8,10-11,16,21H,6,9,12-13H2,1H3/t16-,21-/m1/s1. The summed E-state index contributed by atoms with van der Waals surface area (Å²) in [6, 6.07) is 15.8. The Balaban J connectivity index is 1.45. The van der Waals surface area contributed by atoms with Crippen molar-refractivity contribution >= 4 is 10.9 Å². The Bertz CT molecular complexity index is 939. The molecule has 0 radical (unpaired) electrons. The van der Waals surface area contributed by atoms with Gasteiger partial charge < -0.3 is 4.74 Å². The third-order valence-electron chi connectivity index (χ3n) is 5.65. The average Bonchev–Trinajstić information content (AvgIpc) is 2.93. The lowest BCUT2D eigenvalue weighted by atomic mass is 9.97. The van der Waals surface area contributed by atoms with E-state index in [0.717, 1.165) is 35.3 Å². The van der Waals surface area contributed by atoms with E-state index >= 15 is 0 Å². The lowest BCUT2D eigenvalue weighted by Gasteiger charge is -2.35. The second kappa shape index (κ2) is 5.81. The van der Waals surface area contributed by atoms with E-state index in [0.29, 0.717) is 12.1 Å². The molecule has 4 heterocycles. The Morgan fingerprint density at radius 2 is 2.12 bits per heavy atom. The van der Waals surface area contributed by atoms with Gasteiger partial charge in [-0.25, -0.2) is 0 Å². The summed E-state index contributed by atoms with van der Waals surface area (Å²) in [5, 5.41) is 1.12. The molecule has 25 heavy (non-hydrogen) atoms. The molecule has 0 saturated carbocycles. The van der Waals surface area contributed by atoms with Crippen LogP contribution in [0.3, 0.4) is 0 Å². The van der Waals surface area contributed by atoms with Crippen molar-refractivity contribution in [3.63, 3.8) is 0 Å². The van der Waals surface area contributed by atoms with Crippen LogP contribution in [0, 0.1) is 0 Å². The van der Waals surface area contributed by atoms with Gasteiger partial charge in [0.2, 0.25) is 0 Å². The maximum absolute atomic E-state index is 5.30. The lowest BCUT2D eigenvalue weighted by molar-refractivity contribution is 0.164. The first kappa shape index (κ1) is 14.8. The molecule has 2 bridgehead atoms. The summed E-state index contributed by atoms with van der Waals surface area (Å²) in [5.41, 5.74) is 4.89. The summed E-state index contributed by atoms with van der Waals surface area (Å²) < 4.78 is 5.30. The van der Waals surface area contributed by atoms with Crippen molar-refractivity contribution in [1.29, 1.82) is 0 Å². The molecule has 4 heteroatoms. The van der Waals surface area contributed by atoms with Crippen molar-refractivity contribution in [2.75, 3.05) is 7.11 Å². The Morgan fingerprint density at radius 1 is 1.16 bits per heavy atom. The van der Waals surface area contributed by atoms with Crippen molar-refractivity contribution in [1.82, 2.24) is 14.9 Å². The Labute approximate surface area is 147 Å². The molecule has 2 aliphatic rings. The number of fused-ring (bicyclic) bond motifs is 5. The normalized spacial score (nSPS) is 22.1. The molecule has 0 N–H and O–H groups in total. The third kappa shape index (κ3) is 2.48. The van der Waals surface area contributed by atoms with Crippen LogP contribution in [0.5, 0.6) is 5.75 Å². The molecule has 1 aromatic carbocycles. The van der Waals surface area contributed by atoms with Crippen LogP contribution in [-0.2, 0) is 13.0 Å². The molecule has 2 aliphatic heterocycles. The molecule has 0 aliphatic carbocycles. The van der Waals surface area contributed by atoms with Gasteiger partial charge in [-0.15, -0.1) is 0 Å². The number of ether oxygens (including phenoxy) is 1. The molecule has 3 aromatic rings. The predicted molar refractivity (Wildman–Crippen MR) is 97.5 cm³/mol.